The molecule has 0 radical (unpaired) electrons. The van der Waals surface area contributed by atoms with Gasteiger partial charge in [0.05, 0.1) is 11.4 Å². The van der Waals surface area contributed by atoms with Gasteiger partial charge in [0.2, 0.25) is 0 Å². The zero-order valence-corrected chi connectivity index (χ0v) is 13.8. The van der Waals surface area contributed by atoms with Crippen LogP contribution in [0.15, 0.2) is 59.4 Å². The molecule has 0 aliphatic rings. The first kappa shape index (κ1) is 15.3. The van der Waals surface area contributed by atoms with Crippen LogP contribution in [-0.2, 0) is 6.42 Å². The molecule has 3 aromatic rings. The molecule has 3 rings (SSSR count). The molecule has 0 fully saturated rings. The second-order valence-electron chi connectivity index (χ2n) is 6.40. The van der Waals surface area contributed by atoms with Crippen molar-refractivity contribution in [3.05, 3.63) is 76.1 Å². The first-order chi connectivity index (χ1) is 11.1. The van der Waals surface area contributed by atoms with Gasteiger partial charge in [-0.25, -0.2) is 0 Å². The van der Waals surface area contributed by atoms with Crippen molar-refractivity contribution in [2.75, 3.05) is 0 Å². The maximum atomic E-state index is 12.5. The Balaban J connectivity index is 2.24. The maximum Gasteiger partial charge on any atom is 0.268 e. The maximum absolute atomic E-state index is 12.5. The van der Waals surface area contributed by atoms with Crippen LogP contribution in [-0.4, -0.2) is 9.78 Å². The second kappa shape index (κ2) is 6.29. The third-order valence-corrected chi connectivity index (χ3v) is 3.95. The molecule has 3 heteroatoms. The van der Waals surface area contributed by atoms with Gasteiger partial charge in [-0.05, 0) is 31.4 Å². The molecule has 0 aliphatic heterocycles. The predicted octanol–water partition coefficient (Wildman–Crippen LogP) is 4.34. The second-order valence-corrected chi connectivity index (χ2v) is 6.40. The normalized spacial score (nSPS) is 11.1. The fourth-order valence-electron chi connectivity index (χ4n) is 2.85. The van der Waals surface area contributed by atoms with Crippen molar-refractivity contribution in [3.8, 4) is 16.9 Å². The Morgan fingerprint density at radius 2 is 1.65 bits per heavy atom. The van der Waals surface area contributed by atoms with Gasteiger partial charge in [0.1, 0.15) is 0 Å². The average molecular weight is 306 g/mol. The van der Waals surface area contributed by atoms with Crippen molar-refractivity contribution in [1.82, 2.24) is 9.78 Å². The predicted molar refractivity (Wildman–Crippen MR) is 95.1 cm³/mol. The van der Waals surface area contributed by atoms with Crippen molar-refractivity contribution >= 4 is 0 Å². The van der Waals surface area contributed by atoms with Gasteiger partial charge in [0, 0.05) is 11.1 Å². The van der Waals surface area contributed by atoms with Gasteiger partial charge in [0.25, 0.3) is 5.56 Å². The lowest BCUT2D eigenvalue weighted by molar-refractivity contribution is 0.645. The number of nitrogens with one attached hydrogen (secondary N) is 1. The number of aromatic amines is 1. The van der Waals surface area contributed by atoms with E-state index in [0.29, 0.717) is 5.92 Å². The summed E-state index contributed by atoms with van der Waals surface area (Å²) < 4.78 is 1.91. The van der Waals surface area contributed by atoms with E-state index in [0.717, 1.165) is 28.9 Å². The molecule has 0 amide bonds. The molecule has 0 aliphatic carbocycles. The van der Waals surface area contributed by atoms with E-state index in [1.165, 1.54) is 5.56 Å². The van der Waals surface area contributed by atoms with Crippen LogP contribution in [0.4, 0.5) is 0 Å². The molecule has 0 unspecified atom stereocenters. The van der Waals surface area contributed by atoms with E-state index >= 15 is 0 Å². The molecule has 3 nitrogen and oxygen atoms in total. The van der Waals surface area contributed by atoms with Crippen molar-refractivity contribution < 1.29 is 0 Å². The van der Waals surface area contributed by atoms with Gasteiger partial charge in [-0.3, -0.25) is 14.6 Å². The van der Waals surface area contributed by atoms with E-state index in [2.05, 4.69) is 50.1 Å². The number of hydrogen-bond acceptors (Lipinski definition) is 1. The summed E-state index contributed by atoms with van der Waals surface area (Å²) in [5, 5.41) is 3.01. The van der Waals surface area contributed by atoms with Gasteiger partial charge >= 0.3 is 0 Å². The number of aromatic nitrogens is 2. The highest BCUT2D eigenvalue weighted by Gasteiger charge is 2.18. The van der Waals surface area contributed by atoms with Gasteiger partial charge < -0.3 is 0 Å². The number of hydrogen-bond donors (Lipinski definition) is 1. The lowest BCUT2D eigenvalue weighted by Crippen LogP contribution is -2.09. The van der Waals surface area contributed by atoms with Gasteiger partial charge in [-0.15, -0.1) is 0 Å². The molecule has 0 bridgehead atoms. The van der Waals surface area contributed by atoms with Crippen LogP contribution < -0.4 is 5.56 Å². The van der Waals surface area contributed by atoms with Crippen LogP contribution in [0.3, 0.4) is 0 Å². The Morgan fingerprint density at radius 3 is 2.26 bits per heavy atom. The van der Waals surface area contributed by atoms with Gasteiger partial charge in [-0.1, -0.05) is 61.9 Å². The molecule has 118 valence electrons. The van der Waals surface area contributed by atoms with Crippen LogP contribution in [0, 0.1) is 12.8 Å². The molecular weight excluding hydrogens is 284 g/mol. The minimum Gasteiger partial charge on any atom is -0.268 e. The van der Waals surface area contributed by atoms with Crippen LogP contribution in [0.25, 0.3) is 16.9 Å². The number of nitrogens with zero attached hydrogens (tertiary/aromatic N) is 1. The van der Waals surface area contributed by atoms with Crippen LogP contribution >= 0.6 is 0 Å². The topological polar surface area (TPSA) is 37.8 Å². The van der Waals surface area contributed by atoms with E-state index in [4.69, 9.17) is 0 Å². The summed E-state index contributed by atoms with van der Waals surface area (Å²) >= 11 is 0. The minimum absolute atomic E-state index is 0.00173. The van der Waals surface area contributed by atoms with Crippen molar-refractivity contribution in [2.45, 2.75) is 27.2 Å². The van der Waals surface area contributed by atoms with Crippen molar-refractivity contribution in [3.63, 3.8) is 0 Å². The zero-order chi connectivity index (χ0) is 16.4. The summed E-state index contributed by atoms with van der Waals surface area (Å²) in [4.78, 5) is 12.5. The minimum atomic E-state index is -0.00173. The summed E-state index contributed by atoms with van der Waals surface area (Å²) in [6, 6.07) is 18.3. The first-order valence-corrected chi connectivity index (χ1v) is 8.02. The monoisotopic (exact) mass is 306 g/mol. The van der Waals surface area contributed by atoms with Gasteiger partial charge in [-0.2, -0.15) is 0 Å². The number of rotatable bonds is 4. The highest BCUT2D eigenvalue weighted by molar-refractivity contribution is 5.65. The van der Waals surface area contributed by atoms with E-state index in [-0.39, 0.29) is 5.56 Å². The van der Waals surface area contributed by atoms with E-state index in [1.807, 2.05) is 35.0 Å². The van der Waals surface area contributed by atoms with Crippen molar-refractivity contribution in [1.29, 1.82) is 0 Å². The van der Waals surface area contributed by atoms with E-state index in [1.54, 1.807) is 0 Å². The first-order valence-electron chi connectivity index (χ1n) is 8.02. The fraction of sp³-hybridized carbons (Fsp3) is 0.250. The molecule has 0 spiro atoms. The Morgan fingerprint density at radius 1 is 1.00 bits per heavy atom. The molecule has 2 aromatic carbocycles. The molecule has 23 heavy (non-hydrogen) atoms. The number of H-pyrrole nitrogens is 1. The third kappa shape index (κ3) is 3.14. The molecule has 0 atom stereocenters. The molecule has 0 saturated heterocycles. The lowest BCUT2D eigenvalue weighted by Gasteiger charge is -2.12. The Labute approximate surface area is 136 Å². The van der Waals surface area contributed by atoms with Crippen LogP contribution in [0.5, 0.6) is 0 Å². The largest absolute Gasteiger partial charge is 0.268 e. The van der Waals surface area contributed by atoms with Crippen LogP contribution in [0.2, 0.25) is 0 Å². The van der Waals surface area contributed by atoms with Crippen LogP contribution in [0.1, 0.15) is 25.0 Å². The summed E-state index contributed by atoms with van der Waals surface area (Å²) in [6.45, 7) is 6.33. The molecule has 1 aromatic heterocycles. The van der Waals surface area contributed by atoms with E-state index in [9.17, 15) is 4.79 Å². The zero-order valence-electron chi connectivity index (χ0n) is 13.8. The number of benzene rings is 2. The molecule has 1 heterocycles. The fourth-order valence-corrected chi connectivity index (χ4v) is 2.85. The number of aryl methyl sites for hydroxylation is 1. The highest BCUT2D eigenvalue weighted by Crippen LogP contribution is 2.26. The average Bonchev–Trinajstić information content (AvgIpc) is 2.85. The Kier molecular flexibility index (Phi) is 4.20. The summed E-state index contributed by atoms with van der Waals surface area (Å²) in [5.74, 6) is 0.424. The third-order valence-electron chi connectivity index (χ3n) is 3.95. The molecular formula is C20H22N2O. The Hall–Kier alpha value is -2.55. The smallest absolute Gasteiger partial charge is 0.268 e. The van der Waals surface area contributed by atoms with Gasteiger partial charge in [0.15, 0.2) is 0 Å². The highest BCUT2D eigenvalue weighted by atomic mass is 16.1. The van der Waals surface area contributed by atoms with E-state index < -0.39 is 0 Å². The molecule has 0 saturated carbocycles. The summed E-state index contributed by atoms with van der Waals surface area (Å²) in [6.07, 6.45) is 0.762. The molecule has 1 N–H and O–H groups in total. The lowest BCUT2D eigenvalue weighted by atomic mass is 9.99. The summed E-state index contributed by atoms with van der Waals surface area (Å²) in [7, 11) is 0. The quantitative estimate of drug-likeness (QED) is 0.765. The summed E-state index contributed by atoms with van der Waals surface area (Å²) in [5.41, 5.74) is 5.05. The Bertz CT molecular complexity index is 840. The standard InChI is InChI=1S/C20H22N2O/c1-14(2)13-18-19(16-7-5-4-6-8-16)22(21-20(18)23)17-11-9-15(3)10-12-17/h4-12,14H,13H2,1-3H3,(H,21,23). The van der Waals surface area contributed by atoms with Crippen molar-refractivity contribution in [2.24, 2.45) is 5.92 Å². The SMILES string of the molecule is Cc1ccc(-n2[nH]c(=O)c(CC(C)C)c2-c2ccccc2)cc1.